The molecule has 1 aromatic carbocycles. The molecule has 0 bridgehead atoms. The first-order chi connectivity index (χ1) is 9.38. The van der Waals surface area contributed by atoms with Crippen LogP contribution in [0.15, 0.2) is 18.2 Å². The maximum atomic E-state index is 13.6. The van der Waals surface area contributed by atoms with E-state index in [0.29, 0.717) is 12.3 Å². The summed E-state index contributed by atoms with van der Waals surface area (Å²) in [5.74, 6) is -1.02. The predicted molar refractivity (Wildman–Crippen MR) is 71.7 cm³/mol. The second-order valence-electron chi connectivity index (χ2n) is 4.85. The lowest BCUT2D eigenvalue weighted by molar-refractivity contribution is 0.396. The Morgan fingerprint density at radius 1 is 1.40 bits per heavy atom. The highest BCUT2D eigenvalue weighted by Gasteiger charge is 2.18. The molecule has 1 aromatic heterocycles. The van der Waals surface area contributed by atoms with E-state index in [9.17, 15) is 8.78 Å². The standard InChI is InChI=1S/C14H17F2N3O/c1-8(17)6-11-9(2)18-19(3)14(11)20-13-5-4-10(15)7-12(13)16/h4-5,7-8H,6,17H2,1-3H3. The Labute approximate surface area is 116 Å². The molecule has 1 atom stereocenters. The Bertz CT molecular complexity index is 623. The number of aromatic nitrogens is 2. The second-order valence-corrected chi connectivity index (χ2v) is 4.85. The minimum absolute atomic E-state index is 0.0414. The highest BCUT2D eigenvalue weighted by atomic mass is 19.1. The Morgan fingerprint density at radius 2 is 2.10 bits per heavy atom. The number of hydrogen-bond donors (Lipinski definition) is 1. The summed E-state index contributed by atoms with van der Waals surface area (Å²) in [6.07, 6.45) is 0.567. The van der Waals surface area contributed by atoms with Gasteiger partial charge >= 0.3 is 0 Å². The van der Waals surface area contributed by atoms with Gasteiger partial charge in [0.2, 0.25) is 5.88 Å². The lowest BCUT2D eigenvalue weighted by Gasteiger charge is -2.11. The topological polar surface area (TPSA) is 53.1 Å². The molecule has 6 heteroatoms. The summed E-state index contributed by atoms with van der Waals surface area (Å²) in [5, 5.41) is 4.25. The fraction of sp³-hybridized carbons (Fsp3) is 0.357. The van der Waals surface area contributed by atoms with Crippen LogP contribution in [0.2, 0.25) is 0 Å². The highest BCUT2D eigenvalue weighted by molar-refractivity contribution is 5.36. The van der Waals surface area contributed by atoms with Crippen molar-refractivity contribution < 1.29 is 13.5 Å². The monoisotopic (exact) mass is 281 g/mol. The van der Waals surface area contributed by atoms with E-state index in [1.165, 1.54) is 10.7 Å². The van der Waals surface area contributed by atoms with Gasteiger partial charge in [0.1, 0.15) is 5.82 Å². The molecule has 0 aliphatic heterocycles. The van der Waals surface area contributed by atoms with E-state index in [1.54, 1.807) is 7.05 Å². The third-order valence-corrected chi connectivity index (χ3v) is 2.92. The zero-order valence-electron chi connectivity index (χ0n) is 11.7. The van der Waals surface area contributed by atoms with Crippen LogP contribution in [0, 0.1) is 18.6 Å². The fourth-order valence-electron chi connectivity index (χ4n) is 2.03. The highest BCUT2D eigenvalue weighted by Crippen LogP contribution is 2.29. The normalized spacial score (nSPS) is 12.5. The van der Waals surface area contributed by atoms with Gasteiger partial charge in [-0.05, 0) is 32.4 Å². The van der Waals surface area contributed by atoms with Gasteiger partial charge in [-0.25, -0.2) is 13.5 Å². The van der Waals surface area contributed by atoms with Gasteiger partial charge in [-0.1, -0.05) is 0 Å². The van der Waals surface area contributed by atoms with Gasteiger partial charge in [-0.3, -0.25) is 0 Å². The third-order valence-electron chi connectivity index (χ3n) is 2.92. The smallest absolute Gasteiger partial charge is 0.221 e. The van der Waals surface area contributed by atoms with Crippen LogP contribution in [0.25, 0.3) is 0 Å². The van der Waals surface area contributed by atoms with Crippen molar-refractivity contribution >= 4 is 0 Å². The molecule has 0 aliphatic carbocycles. The lowest BCUT2D eigenvalue weighted by atomic mass is 10.1. The zero-order valence-corrected chi connectivity index (χ0v) is 11.7. The van der Waals surface area contributed by atoms with Crippen LogP contribution in [-0.2, 0) is 13.5 Å². The molecule has 20 heavy (non-hydrogen) atoms. The van der Waals surface area contributed by atoms with Gasteiger partial charge in [-0.15, -0.1) is 0 Å². The maximum Gasteiger partial charge on any atom is 0.221 e. The molecule has 0 fully saturated rings. The molecule has 0 amide bonds. The molecule has 2 aromatic rings. The van der Waals surface area contributed by atoms with Crippen molar-refractivity contribution in [3.05, 3.63) is 41.1 Å². The number of hydrogen-bond acceptors (Lipinski definition) is 3. The summed E-state index contributed by atoms with van der Waals surface area (Å²) < 4.78 is 33.6. The number of nitrogens with two attached hydrogens (primary N) is 1. The Morgan fingerprint density at radius 3 is 2.70 bits per heavy atom. The zero-order chi connectivity index (χ0) is 14.9. The van der Waals surface area contributed by atoms with Crippen LogP contribution in [0.3, 0.4) is 0 Å². The molecule has 2 rings (SSSR count). The molecule has 0 saturated carbocycles. The molecular formula is C14H17F2N3O. The summed E-state index contributed by atoms with van der Waals surface area (Å²) >= 11 is 0. The minimum atomic E-state index is -0.754. The Kier molecular flexibility index (Phi) is 4.04. The number of aryl methyl sites for hydroxylation is 2. The minimum Gasteiger partial charge on any atom is -0.436 e. The lowest BCUT2D eigenvalue weighted by Crippen LogP contribution is -2.18. The van der Waals surface area contributed by atoms with Crippen molar-refractivity contribution in [2.24, 2.45) is 12.8 Å². The third kappa shape index (κ3) is 2.96. The predicted octanol–water partition coefficient (Wildman–Crippen LogP) is 2.69. The first kappa shape index (κ1) is 14.5. The van der Waals surface area contributed by atoms with E-state index in [2.05, 4.69) is 5.10 Å². The molecule has 1 unspecified atom stereocenters. The molecular weight excluding hydrogens is 264 g/mol. The van der Waals surface area contributed by atoms with Crippen molar-refractivity contribution in [1.82, 2.24) is 9.78 Å². The summed E-state index contributed by atoms with van der Waals surface area (Å²) in [7, 11) is 1.70. The molecule has 4 nitrogen and oxygen atoms in total. The van der Waals surface area contributed by atoms with Crippen molar-refractivity contribution in [1.29, 1.82) is 0 Å². The largest absolute Gasteiger partial charge is 0.436 e. The molecule has 0 saturated heterocycles. The Balaban J connectivity index is 2.37. The number of ether oxygens (including phenoxy) is 1. The molecule has 2 N–H and O–H groups in total. The molecule has 108 valence electrons. The quantitative estimate of drug-likeness (QED) is 0.937. The van der Waals surface area contributed by atoms with Gasteiger partial charge < -0.3 is 10.5 Å². The molecule has 0 spiro atoms. The average molecular weight is 281 g/mol. The summed E-state index contributed by atoms with van der Waals surface area (Å²) in [6, 6.07) is 3.11. The SMILES string of the molecule is Cc1nn(C)c(Oc2ccc(F)cc2F)c1CC(C)N. The second kappa shape index (κ2) is 5.58. The van der Waals surface area contributed by atoms with E-state index >= 15 is 0 Å². The van der Waals surface area contributed by atoms with Crippen LogP contribution in [0.1, 0.15) is 18.2 Å². The van der Waals surface area contributed by atoms with E-state index in [1.807, 2.05) is 13.8 Å². The number of nitrogens with zero attached hydrogens (tertiary/aromatic N) is 2. The van der Waals surface area contributed by atoms with Gasteiger partial charge in [0, 0.05) is 24.7 Å². The fourth-order valence-corrected chi connectivity index (χ4v) is 2.03. The first-order valence-corrected chi connectivity index (χ1v) is 6.29. The number of rotatable bonds is 4. The van der Waals surface area contributed by atoms with Crippen LogP contribution >= 0.6 is 0 Å². The molecule has 1 heterocycles. The number of benzene rings is 1. The van der Waals surface area contributed by atoms with Crippen LogP contribution in [0.4, 0.5) is 8.78 Å². The summed E-state index contributed by atoms with van der Waals surface area (Å²) in [6.45, 7) is 3.71. The van der Waals surface area contributed by atoms with Crippen molar-refractivity contribution in [2.45, 2.75) is 26.3 Å². The summed E-state index contributed by atoms with van der Waals surface area (Å²) in [4.78, 5) is 0. The number of halogens is 2. The van der Waals surface area contributed by atoms with Crippen LogP contribution in [0.5, 0.6) is 11.6 Å². The van der Waals surface area contributed by atoms with Gasteiger partial charge in [0.05, 0.1) is 5.69 Å². The van der Waals surface area contributed by atoms with Crippen LogP contribution < -0.4 is 10.5 Å². The van der Waals surface area contributed by atoms with Crippen molar-refractivity contribution in [3.8, 4) is 11.6 Å². The molecule has 0 aliphatic rings. The van der Waals surface area contributed by atoms with E-state index in [-0.39, 0.29) is 11.8 Å². The van der Waals surface area contributed by atoms with Crippen LogP contribution in [-0.4, -0.2) is 15.8 Å². The molecule has 0 radical (unpaired) electrons. The summed E-state index contributed by atoms with van der Waals surface area (Å²) in [5.41, 5.74) is 7.40. The van der Waals surface area contributed by atoms with Gasteiger partial charge in [0.25, 0.3) is 0 Å². The average Bonchev–Trinajstić information content (AvgIpc) is 2.58. The van der Waals surface area contributed by atoms with Gasteiger partial charge in [-0.2, -0.15) is 5.10 Å². The van der Waals surface area contributed by atoms with E-state index < -0.39 is 11.6 Å². The van der Waals surface area contributed by atoms with Crippen molar-refractivity contribution in [3.63, 3.8) is 0 Å². The first-order valence-electron chi connectivity index (χ1n) is 6.29. The maximum absolute atomic E-state index is 13.6. The van der Waals surface area contributed by atoms with E-state index in [4.69, 9.17) is 10.5 Å². The van der Waals surface area contributed by atoms with E-state index in [0.717, 1.165) is 23.4 Å². The van der Waals surface area contributed by atoms with Crippen molar-refractivity contribution in [2.75, 3.05) is 0 Å². The van der Waals surface area contributed by atoms with Gasteiger partial charge in [0.15, 0.2) is 11.6 Å². The Hall–Kier alpha value is -1.95.